The predicted octanol–water partition coefficient (Wildman–Crippen LogP) is 2.64. The molecular weight excluding hydrogens is 242 g/mol. The molecule has 1 aromatic heterocycles. The quantitative estimate of drug-likeness (QED) is 0.855. The number of nitrogen functional groups attached to an aromatic ring is 1. The molecule has 0 radical (unpaired) electrons. The zero-order valence-electron chi connectivity index (χ0n) is 8.34. The molecule has 1 aromatic rings. The van der Waals surface area contributed by atoms with Crippen molar-refractivity contribution in [2.75, 3.05) is 11.1 Å². The number of anilines is 2. The second kappa shape index (κ2) is 3.12. The summed E-state index contributed by atoms with van der Waals surface area (Å²) >= 11 is 3.44. The molecule has 3 N–H and O–H groups in total. The van der Waals surface area contributed by atoms with Crippen LogP contribution in [0, 0.1) is 5.41 Å². The average Bonchev–Trinajstić information content (AvgIpc) is 2.67. The SMILES string of the molecule is CC1(C)CC1Nc1cc(N)ncc1Br. The minimum atomic E-state index is 0.414. The molecule has 1 saturated carbocycles. The number of rotatable bonds is 2. The molecule has 0 saturated heterocycles. The van der Waals surface area contributed by atoms with E-state index in [0.717, 1.165) is 10.2 Å². The summed E-state index contributed by atoms with van der Waals surface area (Å²) in [6, 6.07) is 2.42. The maximum atomic E-state index is 5.62. The van der Waals surface area contributed by atoms with Gasteiger partial charge in [0.1, 0.15) is 5.82 Å². The van der Waals surface area contributed by atoms with Crippen LogP contribution in [0.5, 0.6) is 0 Å². The van der Waals surface area contributed by atoms with E-state index in [0.29, 0.717) is 17.3 Å². The summed E-state index contributed by atoms with van der Waals surface area (Å²) in [6.07, 6.45) is 2.94. The van der Waals surface area contributed by atoms with E-state index in [-0.39, 0.29) is 0 Å². The number of halogens is 1. The summed E-state index contributed by atoms with van der Waals surface area (Å²) < 4.78 is 0.967. The minimum absolute atomic E-state index is 0.414. The Labute approximate surface area is 92.2 Å². The second-order valence-electron chi connectivity index (χ2n) is 4.48. The highest BCUT2D eigenvalue weighted by atomic mass is 79.9. The fourth-order valence-corrected chi connectivity index (χ4v) is 1.80. The molecule has 4 heteroatoms. The first-order valence-electron chi connectivity index (χ1n) is 4.66. The molecular formula is C10H14BrN3. The fourth-order valence-electron chi connectivity index (χ4n) is 1.47. The van der Waals surface area contributed by atoms with Crippen LogP contribution in [0.15, 0.2) is 16.7 Å². The fraction of sp³-hybridized carbons (Fsp3) is 0.500. The van der Waals surface area contributed by atoms with Gasteiger partial charge in [0.05, 0.1) is 10.2 Å². The summed E-state index contributed by atoms with van der Waals surface area (Å²) in [6.45, 7) is 4.51. The molecule has 1 aliphatic rings. The predicted molar refractivity (Wildman–Crippen MR) is 62.2 cm³/mol. The summed E-state index contributed by atoms with van der Waals surface area (Å²) in [5.74, 6) is 0.550. The molecule has 0 bridgehead atoms. The van der Waals surface area contributed by atoms with E-state index in [9.17, 15) is 0 Å². The maximum Gasteiger partial charge on any atom is 0.125 e. The third-order valence-electron chi connectivity index (χ3n) is 2.72. The molecule has 0 spiro atoms. The third-order valence-corrected chi connectivity index (χ3v) is 3.35. The Morgan fingerprint density at radius 3 is 2.86 bits per heavy atom. The highest BCUT2D eigenvalue weighted by molar-refractivity contribution is 9.10. The number of aromatic nitrogens is 1. The summed E-state index contributed by atoms with van der Waals surface area (Å²) in [7, 11) is 0. The van der Waals surface area contributed by atoms with Crippen molar-refractivity contribution < 1.29 is 0 Å². The lowest BCUT2D eigenvalue weighted by molar-refractivity contribution is 0.630. The Hall–Kier alpha value is -0.770. The molecule has 0 amide bonds. The second-order valence-corrected chi connectivity index (χ2v) is 5.33. The van der Waals surface area contributed by atoms with Crippen molar-refractivity contribution in [3.8, 4) is 0 Å². The van der Waals surface area contributed by atoms with Crippen molar-refractivity contribution in [2.45, 2.75) is 26.3 Å². The summed E-state index contributed by atoms with van der Waals surface area (Å²) in [5.41, 5.74) is 7.07. The highest BCUT2D eigenvalue weighted by Crippen LogP contribution is 2.47. The van der Waals surface area contributed by atoms with Crippen molar-refractivity contribution in [1.29, 1.82) is 0 Å². The van der Waals surface area contributed by atoms with Gasteiger partial charge >= 0.3 is 0 Å². The molecule has 1 atom stereocenters. The standard InChI is InChI=1S/C10H14BrN3/c1-10(2)4-8(10)14-7-3-9(12)13-5-6(7)11/h3,5,8H,4H2,1-2H3,(H3,12,13,14). The van der Waals surface area contributed by atoms with Gasteiger partial charge in [-0.1, -0.05) is 13.8 Å². The topological polar surface area (TPSA) is 50.9 Å². The van der Waals surface area contributed by atoms with Crippen LogP contribution in [0.3, 0.4) is 0 Å². The van der Waals surface area contributed by atoms with Gasteiger partial charge in [-0.25, -0.2) is 4.98 Å². The largest absolute Gasteiger partial charge is 0.384 e. The monoisotopic (exact) mass is 255 g/mol. The Balaban J connectivity index is 2.13. The Kier molecular flexibility index (Phi) is 2.18. The van der Waals surface area contributed by atoms with Gasteiger partial charge in [-0.3, -0.25) is 0 Å². The number of nitrogens with zero attached hydrogens (tertiary/aromatic N) is 1. The lowest BCUT2D eigenvalue weighted by Crippen LogP contribution is -2.09. The van der Waals surface area contributed by atoms with Crippen molar-refractivity contribution in [1.82, 2.24) is 4.98 Å². The molecule has 2 rings (SSSR count). The van der Waals surface area contributed by atoms with Gasteiger partial charge < -0.3 is 11.1 Å². The highest BCUT2D eigenvalue weighted by Gasteiger charge is 2.45. The van der Waals surface area contributed by atoms with E-state index in [1.54, 1.807) is 6.20 Å². The third kappa shape index (κ3) is 1.85. The van der Waals surface area contributed by atoms with Crippen molar-refractivity contribution >= 4 is 27.4 Å². The van der Waals surface area contributed by atoms with Gasteiger partial charge in [0.15, 0.2) is 0 Å². The molecule has 3 nitrogen and oxygen atoms in total. The van der Waals surface area contributed by atoms with Gasteiger partial charge in [0.2, 0.25) is 0 Å². The van der Waals surface area contributed by atoms with Gasteiger partial charge in [0, 0.05) is 18.3 Å². The average molecular weight is 256 g/mol. The molecule has 1 aliphatic carbocycles. The number of hydrogen-bond acceptors (Lipinski definition) is 3. The van der Waals surface area contributed by atoms with Crippen LogP contribution >= 0.6 is 15.9 Å². The van der Waals surface area contributed by atoms with E-state index in [4.69, 9.17) is 5.73 Å². The Bertz CT molecular complexity index is 362. The lowest BCUT2D eigenvalue weighted by atomic mass is 10.2. The van der Waals surface area contributed by atoms with Gasteiger partial charge in [-0.05, 0) is 27.8 Å². The molecule has 14 heavy (non-hydrogen) atoms. The molecule has 76 valence electrons. The zero-order chi connectivity index (χ0) is 10.3. The normalized spacial score (nSPS) is 23.2. The van der Waals surface area contributed by atoms with Crippen LogP contribution in [-0.4, -0.2) is 11.0 Å². The summed E-state index contributed by atoms with van der Waals surface area (Å²) in [4.78, 5) is 3.99. The maximum absolute atomic E-state index is 5.62. The van der Waals surface area contributed by atoms with Crippen molar-refractivity contribution in [3.05, 3.63) is 16.7 Å². The van der Waals surface area contributed by atoms with Gasteiger partial charge in [-0.15, -0.1) is 0 Å². The number of pyridine rings is 1. The molecule has 0 aliphatic heterocycles. The van der Waals surface area contributed by atoms with Gasteiger partial charge in [0.25, 0.3) is 0 Å². The van der Waals surface area contributed by atoms with Crippen LogP contribution in [0.25, 0.3) is 0 Å². The van der Waals surface area contributed by atoms with Gasteiger partial charge in [-0.2, -0.15) is 0 Å². The first-order valence-corrected chi connectivity index (χ1v) is 5.46. The molecule has 1 fully saturated rings. The van der Waals surface area contributed by atoms with E-state index in [1.165, 1.54) is 6.42 Å². The number of hydrogen-bond donors (Lipinski definition) is 2. The molecule has 1 unspecified atom stereocenters. The van der Waals surface area contributed by atoms with E-state index < -0.39 is 0 Å². The number of nitrogens with one attached hydrogen (secondary N) is 1. The molecule has 1 heterocycles. The van der Waals surface area contributed by atoms with Crippen LogP contribution in [0.1, 0.15) is 20.3 Å². The van der Waals surface area contributed by atoms with E-state index >= 15 is 0 Å². The first kappa shape index (κ1) is 9.77. The van der Waals surface area contributed by atoms with Crippen LogP contribution in [-0.2, 0) is 0 Å². The Morgan fingerprint density at radius 2 is 2.29 bits per heavy atom. The minimum Gasteiger partial charge on any atom is -0.384 e. The van der Waals surface area contributed by atoms with Crippen LogP contribution in [0.2, 0.25) is 0 Å². The number of nitrogens with two attached hydrogens (primary N) is 1. The van der Waals surface area contributed by atoms with Crippen molar-refractivity contribution in [3.63, 3.8) is 0 Å². The van der Waals surface area contributed by atoms with Crippen LogP contribution in [0.4, 0.5) is 11.5 Å². The zero-order valence-corrected chi connectivity index (χ0v) is 9.93. The first-order chi connectivity index (χ1) is 6.49. The van der Waals surface area contributed by atoms with E-state index in [1.807, 2.05) is 6.07 Å². The Morgan fingerprint density at radius 1 is 1.64 bits per heavy atom. The summed E-state index contributed by atoms with van der Waals surface area (Å²) in [5, 5.41) is 3.45. The lowest BCUT2D eigenvalue weighted by Gasteiger charge is -2.10. The molecule has 0 aromatic carbocycles. The van der Waals surface area contributed by atoms with Crippen molar-refractivity contribution in [2.24, 2.45) is 5.41 Å². The van der Waals surface area contributed by atoms with E-state index in [2.05, 4.69) is 40.1 Å². The smallest absolute Gasteiger partial charge is 0.125 e. The van der Waals surface area contributed by atoms with Crippen LogP contribution < -0.4 is 11.1 Å².